The molecule has 1 aromatic heterocycles. The number of para-hydroxylation sites is 1. The SMILES string of the molecule is CC(Cc1c[nH]c2ccccc12)(NC(=O)OC1C2CC3CC(C2)CC1C3)C(=O)NCC(NC(=O)C=CC(=O)O)c1ccccc1. The molecule has 0 aliphatic heterocycles. The van der Waals surface area contributed by atoms with E-state index in [-0.39, 0.29) is 19.1 Å². The van der Waals surface area contributed by atoms with Crippen molar-refractivity contribution in [3.63, 3.8) is 0 Å². The zero-order valence-corrected chi connectivity index (χ0v) is 25.3. The fourth-order valence-electron chi connectivity index (χ4n) is 7.98. The standard InChI is InChI=1S/C35H40N4O6/c1-35(18-26-19-36-28-10-6-5-9-27(26)28,39-34(44)45-32-24-14-21-13-22(16-24)17-25(32)15-21)33(43)37-20-29(23-7-3-2-4-8-23)38-30(40)11-12-31(41)42/h2-12,19,21-22,24-25,29,32,36H,13-18,20H2,1H3,(H,37,43)(H,38,40)(H,39,44)(H,41,42). The number of hydrogen-bond donors (Lipinski definition) is 5. The van der Waals surface area contributed by atoms with E-state index in [9.17, 15) is 19.2 Å². The maximum Gasteiger partial charge on any atom is 0.408 e. The van der Waals surface area contributed by atoms with Crippen molar-refractivity contribution in [3.05, 3.63) is 84.1 Å². The normalized spacial score (nSPS) is 25.4. The number of hydrogen-bond acceptors (Lipinski definition) is 5. The molecule has 5 N–H and O–H groups in total. The minimum absolute atomic E-state index is 0.00521. The van der Waals surface area contributed by atoms with Crippen molar-refractivity contribution in [2.45, 2.75) is 63.1 Å². The number of carbonyl (C=O) groups excluding carboxylic acids is 3. The first-order chi connectivity index (χ1) is 21.7. The first-order valence-electron chi connectivity index (χ1n) is 15.8. The summed E-state index contributed by atoms with van der Waals surface area (Å²) in [6.07, 6.45) is 8.72. The molecule has 236 valence electrons. The number of aromatic amines is 1. The third-order valence-electron chi connectivity index (χ3n) is 9.84. The molecule has 2 atom stereocenters. The van der Waals surface area contributed by atoms with Crippen molar-refractivity contribution < 1.29 is 29.0 Å². The summed E-state index contributed by atoms with van der Waals surface area (Å²) in [7, 11) is 0. The maximum atomic E-state index is 14.0. The summed E-state index contributed by atoms with van der Waals surface area (Å²) in [6, 6.07) is 16.2. The molecule has 4 aliphatic carbocycles. The molecule has 4 aliphatic rings. The van der Waals surface area contributed by atoms with E-state index in [2.05, 4.69) is 20.9 Å². The molecular formula is C35H40N4O6. The quantitative estimate of drug-likeness (QED) is 0.199. The van der Waals surface area contributed by atoms with Gasteiger partial charge in [0.2, 0.25) is 11.8 Å². The van der Waals surface area contributed by atoms with E-state index in [0.29, 0.717) is 11.8 Å². The van der Waals surface area contributed by atoms with Crippen LogP contribution in [0.5, 0.6) is 0 Å². The summed E-state index contributed by atoms with van der Waals surface area (Å²) in [5.41, 5.74) is 1.13. The van der Waals surface area contributed by atoms with Crippen LogP contribution >= 0.6 is 0 Å². The predicted octanol–water partition coefficient (Wildman–Crippen LogP) is 4.63. The monoisotopic (exact) mass is 612 g/mol. The number of nitrogens with one attached hydrogen (secondary N) is 4. The second-order valence-electron chi connectivity index (χ2n) is 13.1. The summed E-state index contributed by atoms with van der Waals surface area (Å²) >= 11 is 0. The smallest absolute Gasteiger partial charge is 0.408 e. The number of amides is 3. The summed E-state index contributed by atoms with van der Waals surface area (Å²) in [5.74, 6) is -0.0471. The summed E-state index contributed by atoms with van der Waals surface area (Å²) in [6.45, 7) is 1.69. The Morgan fingerprint density at radius 2 is 1.62 bits per heavy atom. The van der Waals surface area contributed by atoms with Gasteiger partial charge in [-0.05, 0) is 79.9 Å². The number of carboxylic acids is 1. The number of rotatable bonds is 11. The van der Waals surface area contributed by atoms with E-state index >= 15 is 0 Å². The van der Waals surface area contributed by atoms with Gasteiger partial charge < -0.3 is 30.8 Å². The van der Waals surface area contributed by atoms with E-state index in [0.717, 1.165) is 71.7 Å². The Kier molecular flexibility index (Phi) is 8.65. The van der Waals surface area contributed by atoms with Gasteiger partial charge in [0.15, 0.2) is 0 Å². The second-order valence-corrected chi connectivity index (χ2v) is 13.1. The first kappa shape index (κ1) is 30.4. The Balaban J connectivity index is 1.20. The fraction of sp³-hybridized carbons (Fsp3) is 0.429. The molecule has 45 heavy (non-hydrogen) atoms. The molecule has 0 spiro atoms. The minimum Gasteiger partial charge on any atom is -0.478 e. The number of H-pyrrole nitrogens is 1. The van der Waals surface area contributed by atoms with E-state index in [1.165, 1.54) is 6.42 Å². The number of aromatic nitrogens is 1. The number of aliphatic carboxylic acids is 1. The maximum absolute atomic E-state index is 14.0. The highest BCUT2D eigenvalue weighted by atomic mass is 16.6. The highest BCUT2D eigenvalue weighted by molar-refractivity contribution is 5.94. The van der Waals surface area contributed by atoms with Crippen LogP contribution in [-0.4, -0.2) is 52.2 Å². The number of alkyl carbamates (subject to hydrolysis) is 1. The first-order valence-corrected chi connectivity index (χ1v) is 15.8. The predicted molar refractivity (Wildman–Crippen MR) is 168 cm³/mol. The number of carbonyl (C=O) groups is 4. The molecular weight excluding hydrogens is 572 g/mol. The van der Waals surface area contributed by atoms with Gasteiger partial charge >= 0.3 is 12.1 Å². The molecule has 4 fully saturated rings. The van der Waals surface area contributed by atoms with Gasteiger partial charge in [-0.3, -0.25) is 9.59 Å². The Labute approximate surface area is 262 Å². The Hall–Kier alpha value is -4.60. The molecule has 2 aromatic carbocycles. The topological polar surface area (TPSA) is 150 Å². The lowest BCUT2D eigenvalue weighted by Crippen LogP contribution is -2.60. The molecule has 4 bridgehead atoms. The molecule has 1 heterocycles. The molecule has 3 aromatic rings. The van der Waals surface area contributed by atoms with Crippen LogP contribution in [0.1, 0.15) is 56.2 Å². The van der Waals surface area contributed by atoms with Crippen LogP contribution in [0.4, 0.5) is 4.79 Å². The number of ether oxygens (including phenoxy) is 1. The van der Waals surface area contributed by atoms with Gasteiger partial charge in [-0.15, -0.1) is 0 Å². The molecule has 0 saturated heterocycles. The Morgan fingerprint density at radius 3 is 2.31 bits per heavy atom. The zero-order valence-electron chi connectivity index (χ0n) is 25.3. The van der Waals surface area contributed by atoms with Crippen LogP contribution in [-0.2, 0) is 25.5 Å². The van der Waals surface area contributed by atoms with Crippen LogP contribution in [0.25, 0.3) is 10.9 Å². The minimum atomic E-state index is -1.39. The Bertz CT molecular complexity index is 1570. The average molecular weight is 613 g/mol. The van der Waals surface area contributed by atoms with Gasteiger partial charge in [-0.2, -0.15) is 0 Å². The van der Waals surface area contributed by atoms with E-state index in [1.54, 1.807) is 6.92 Å². The van der Waals surface area contributed by atoms with Crippen LogP contribution in [0.2, 0.25) is 0 Å². The van der Waals surface area contributed by atoms with Crippen LogP contribution in [0.3, 0.4) is 0 Å². The van der Waals surface area contributed by atoms with E-state index in [1.807, 2.05) is 60.8 Å². The van der Waals surface area contributed by atoms with Gasteiger partial charge in [-0.25, -0.2) is 9.59 Å². The molecule has 2 unspecified atom stereocenters. The third kappa shape index (κ3) is 6.90. The summed E-state index contributed by atoms with van der Waals surface area (Å²) < 4.78 is 6.12. The molecule has 7 rings (SSSR count). The largest absolute Gasteiger partial charge is 0.478 e. The molecule has 10 heteroatoms. The van der Waals surface area contributed by atoms with E-state index in [4.69, 9.17) is 9.84 Å². The summed E-state index contributed by atoms with van der Waals surface area (Å²) in [4.78, 5) is 54.2. The second kappa shape index (κ2) is 12.8. The fourth-order valence-corrected chi connectivity index (χ4v) is 7.98. The van der Waals surface area contributed by atoms with Gasteiger partial charge in [0.05, 0.1) is 6.04 Å². The highest BCUT2D eigenvalue weighted by Gasteiger charge is 2.50. The third-order valence-corrected chi connectivity index (χ3v) is 9.84. The molecule has 4 saturated carbocycles. The molecule has 0 radical (unpaired) electrons. The van der Waals surface area contributed by atoms with Crippen LogP contribution in [0.15, 0.2) is 72.9 Å². The molecule has 10 nitrogen and oxygen atoms in total. The van der Waals surface area contributed by atoms with Crippen molar-refractivity contribution in [1.82, 2.24) is 20.9 Å². The van der Waals surface area contributed by atoms with Gasteiger partial charge in [0.1, 0.15) is 11.6 Å². The zero-order chi connectivity index (χ0) is 31.6. The van der Waals surface area contributed by atoms with Crippen molar-refractivity contribution in [3.8, 4) is 0 Å². The highest BCUT2D eigenvalue weighted by Crippen LogP contribution is 2.54. The average Bonchev–Trinajstić information content (AvgIpc) is 3.42. The summed E-state index contributed by atoms with van der Waals surface area (Å²) in [5, 5.41) is 18.5. The number of benzene rings is 2. The number of carboxylic acid groups (broad SMARTS) is 1. The van der Waals surface area contributed by atoms with Gasteiger partial charge in [0.25, 0.3) is 0 Å². The lowest BCUT2D eigenvalue weighted by molar-refractivity contribution is -0.131. The van der Waals surface area contributed by atoms with Gasteiger partial charge in [0, 0.05) is 42.2 Å². The van der Waals surface area contributed by atoms with Crippen LogP contribution < -0.4 is 16.0 Å². The van der Waals surface area contributed by atoms with Crippen molar-refractivity contribution in [2.24, 2.45) is 23.7 Å². The molecule has 3 amide bonds. The van der Waals surface area contributed by atoms with Gasteiger partial charge in [-0.1, -0.05) is 48.5 Å². The Morgan fingerprint density at radius 1 is 0.956 bits per heavy atom. The lowest BCUT2D eigenvalue weighted by atomic mass is 9.55. The van der Waals surface area contributed by atoms with Crippen molar-refractivity contribution in [1.29, 1.82) is 0 Å². The van der Waals surface area contributed by atoms with Crippen molar-refractivity contribution in [2.75, 3.05) is 6.54 Å². The van der Waals surface area contributed by atoms with E-state index < -0.39 is 35.5 Å². The van der Waals surface area contributed by atoms with Crippen molar-refractivity contribution >= 4 is 34.8 Å². The lowest BCUT2D eigenvalue weighted by Gasteiger charge is -2.53. The number of fused-ring (bicyclic) bond motifs is 1. The van der Waals surface area contributed by atoms with Crippen LogP contribution in [0, 0.1) is 23.7 Å².